The molecule has 0 bridgehead atoms. The number of amides is 1. The lowest BCUT2D eigenvalue weighted by molar-refractivity contribution is 0.0512. The van der Waals surface area contributed by atoms with Gasteiger partial charge in [-0.05, 0) is 69.6 Å². The number of imidazole rings is 1. The Morgan fingerprint density at radius 3 is 2.47 bits per heavy atom. The highest BCUT2D eigenvalue weighted by molar-refractivity contribution is 6.31. The van der Waals surface area contributed by atoms with E-state index in [9.17, 15) is 19.4 Å². The Labute approximate surface area is 225 Å². The first kappa shape index (κ1) is 26.5. The van der Waals surface area contributed by atoms with Crippen molar-refractivity contribution in [2.24, 2.45) is 18.9 Å². The minimum atomic E-state index is -1.01. The second kappa shape index (κ2) is 9.91. The highest BCUT2D eigenvalue weighted by atomic mass is 35.5. The largest absolute Gasteiger partial charge is 0.388 e. The fourth-order valence-electron chi connectivity index (χ4n) is 5.91. The van der Waals surface area contributed by atoms with E-state index in [0.717, 1.165) is 18.5 Å². The molecular weight excluding hydrogens is 511 g/mol. The third-order valence-electron chi connectivity index (χ3n) is 7.80. The normalized spacial score (nSPS) is 24.9. The fraction of sp³-hybridized carbons (Fsp3) is 0.481. The maximum atomic E-state index is 13.5. The molecule has 1 amide bonds. The molecule has 9 nitrogen and oxygen atoms in total. The standard InChI is InChI=1S/C27H32ClFN6O3/c1-26(2,37)18-11-30-25(31-12-18)32-13-27(38)9-16-6-15(7-17(16)10-27)22-23(35(3)14-33-22)24(36)34-19-4-5-21(29)20(28)8-19/h4-5,8,11-12,14-17,37-38H,6-7,9-10,13H2,1-3H3,(H,34,36)(H,30,31,32). The highest BCUT2D eigenvalue weighted by Crippen LogP contribution is 2.54. The van der Waals surface area contributed by atoms with Crippen LogP contribution in [-0.2, 0) is 12.6 Å². The van der Waals surface area contributed by atoms with Gasteiger partial charge in [0.05, 0.1) is 28.2 Å². The number of aromatic nitrogens is 4. The number of carbonyl (C=O) groups excluding carboxylic acids is 1. The maximum absolute atomic E-state index is 13.5. The van der Waals surface area contributed by atoms with Gasteiger partial charge in [0, 0.05) is 43.2 Å². The fourth-order valence-corrected chi connectivity index (χ4v) is 6.09. The van der Waals surface area contributed by atoms with Crippen LogP contribution in [-0.4, -0.2) is 47.8 Å². The number of aliphatic hydroxyl groups is 2. The molecule has 3 aromatic rings. The zero-order valence-corrected chi connectivity index (χ0v) is 22.3. The molecule has 1 aromatic carbocycles. The van der Waals surface area contributed by atoms with Crippen LogP contribution in [0.5, 0.6) is 0 Å². The molecule has 4 N–H and O–H groups in total. The van der Waals surface area contributed by atoms with E-state index in [4.69, 9.17) is 11.6 Å². The maximum Gasteiger partial charge on any atom is 0.274 e. The molecule has 38 heavy (non-hydrogen) atoms. The summed E-state index contributed by atoms with van der Waals surface area (Å²) in [7, 11) is 1.78. The van der Waals surface area contributed by atoms with E-state index in [0.29, 0.717) is 54.1 Å². The van der Waals surface area contributed by atoms with E-state index >= 15 is 0 Å². The molecule has 11 heteroatoms. The number of benzene rings is 1. The van der Waals surface area contributed by atoms with E-state index < -0.39 is 17.0 Å². The Balaban J connectivity index is 1.21. The van der Waals surface area contributed by atoms with Crippen molar-refractivity contribution in [1.82, 2.24) is 19.5 Å². The molecule has 2 aliphatic carbocycles. The van der Waals surface area contributed by atoms with Gasteiger partial charge in [-0.2, -0.15) is 0 Å². The van der Waals surface area contributed by atoms with Crippen molar-refractivity contribution in [1.29, 1.82) is 0 Å². The zero-order chi connectivity index (χ0) is 27.2. The van der Waals surface area contributed by atoms with Crippen molar-refractivity contribution in [3.05, 3.63) is 64.7 Å². The number of aryl methyl sites for hydroxylation is 1. The Morgan fingerprint density at radius 2 is 1.87 bits per heavy atom. The predicted molar refractivity (Wildman–Crippen MR) is 141 cm³/mol. The van der Waals surface area contributed by atoms with E-state index in [2.05, 4.69) is 25.6 Å². The number of nitrogens with zero attached hydrogens (tertiary/aromatic N) is 4. The SMILES string of the molecule is Cn1cnc(C2CC3CC(O)(CNc4ncc(C(C)(C)O)cn4)CC3C2)c1C(=O)Nc1ccc(F)c(Cl)c1. The molecule has 2 heterocycles. The predicted octanol–water partition coefficient (Wildman–Crippen LogP) is 4.23. The summed E-state index contributed by atoms with van der Waals surface area (Å²) in [5, 5.41) is 27.2. The highest BCUT2D eigenvalue weighted by Gasteiger charge is 2.49. The van der Waals surface area contributed by atoms with E-state index in [1.807, 2.05) is 0 Å². The summed E-state index contributed by atoms with van der Waals surface area (Å²) in [4.78, 5) is 26.2. The van der Waals surface area contributed by atoms with Crippen LogP contribution in [0.3, 0.4) is 0 Å². The summed E-state index contributed by atoms with van der Waals surface area (Å²) in [6.45, 7) is 3.69. The molecule has 2 aromatic heterocycles. The molecule has 2 atom stereocenters. The lowest BCUT2D eigenvalue weighted by atomic mass is 9.92. The van der Waals surface area contributed by atoms with Crippen LogP contribution >= 0.6 is 11.6 Å². The molecule has 0 aliphatic heterocycles. The van der Waals surface area contributed by atoms with Crippen LogP contribution in [0.2, 0.25) is 5.02 Å². The second-order valence-corrected chi connectivity index (χ2v) is 11.6. The van der Waals surface area contributed by atoms with Crippen LogP contribution in [0.25, 0.3) is 0 Å². The summed E-state index contributed by atoms with van der Waals surface area (Å²) in [6, 6.07) is 4.07. The van der Waals surface area contributed by atoms with Crippen LogP contribution < -0.4 is 10.6 Å². The van der Waals surface area contributed by atoms with Gasteiger partial charge in [-0.15, -0.1) is 0 Å². The topological polar surface area (TPSA) is 125 Å². The van der Waals surface area contributed by atoms with Crippen molar-refractivity contribution >= 4 is 29.1 Å². The molecule has 2 unspecified atom stereocenters. The average molecular weight is 543 g/mol. The molecule has 0 radical (unpaired) electrons. The number of carbonyl (C=O) groups is 1. The third-order valence-corrected chi connectivity index (χ3v) is 8.09. The van der Waals surface area contributed by atoms with Crippen LogP contribution in [0.4, 0.5) is 16.0 Å². The molecule has 0 spiro atoms. The van der Waals surface area contributed by atoms with Gasteiger partial charge in [0.2, 0.25) is 5.95 Å². The minimum Gasteiger partial charge on any atom is -0.388 e. The summed E-state index contributed by atoms with van der Waals surface area (Å²) in [5.41, 5.74) is 0.359. The molecule has 2 saturated carbocycles. The third kappa shape index (κ3) is 5.39. The van der Waals surface area contributed by atoms with Gasteiger partial charge >= 0.3 is 0 Å². The first-order valence-electron chi connectivity index (χ1n) is 12.7. The number of hydrogen-bond acceptors (Lipinski definition) is 7. The van der Waals surface area contributed by atoms with Crippen LogP contribution in [0, 0.1) is 17.7 Å². The molecular formula is C27H32ClFN6O3. The Hall–Kier alpha value is -3.08. The van der Waals surface area contributed by atoms with E-state index in [1.165, 1.54) is 18.2 Å². The molecule has 0 saturated heterocycles. The summed E-state index contributed by atoms with van der Waals surface area (Å²) >= 11 is 5.86. The smallest absolute Gasteiger partial charge is 0.274 e. The summed E-state index contributed by atoms with van der Waals surface area (Å²) in [6.07, 6.45) is 7.76. The Kier molecular flexibility index (Phi) is 6.91. The van der Waals surface area contributed by atoms with Gasteiger partial charge < -0.3 is 25.4 Å². The van der Waals surface area contributed by atoms with Crippen molar-refractivity contribution in [3.8, 4) is 0 Å². The minimum absolute atomic E-state index is 0.0590. The lowest BCUT2D eigenvalue weighted by Gasteiger charge is -2.25. The van der Waals surface area contributed by atoms with Crippen molar-refractivity contribution in [3.63, 3.8) is 0 Å². The number of fused-ring (bicyclic) bond motifs is 1. The monoisotopic (exact) mass is 542 g/mol. The van der Waals surface area contributed by atoms with Gasteiger partial charge in [0.25, 0.3) is 5.91 Å². The van der Waals surface area contributed by atoms with Crippen LogP contribution in [0.1, 0.15) is 67.2 Å². The molecule has 2 aliphatic rings. The van der Waals surface area contributed by atoms with Crippen molar-refractivity contribution < 1.29 is 19.4 Å². The molecule has 2 fully saturated rings. The van der Waals surface area contributed by atoms with Gasteiger partial charge in [-0.1, -0.05) is 11.6 Å². The Morgan fingerprint density at radius 1 is 1.21 bits per heavy atom. The van der Waals surface area contributed by atoms with E-state index in [1.54, 1.807) is 44.2 Å². The van der Waals surface area contributed by atoms with Gasteiger partial charge in [-0.25, -0.2) is 19.3 Å². The quantitative estimate of drug-likeness (QED) is 0.352. The van der Waals surface area contributed by atoms with Gasteiger partial charge in [0.15, 0.2) is 0 Å². The average Bonchev–Trinajstić information content (AvgIpc) is 3.51. The molecule has 202 valence electrons. The van der Waals surface area contributed by atoms with Gasteiger partial charge in [0.1, 0.15) is 11.5 Å². The number of nitrogens with one attached hydrogen (secondary N) is 2. The number of halogens is 2. The van der Waals surface area contributed by atoms with Crippen LogP contribution in [0.15, 0.2) is 36.9 Å². The van der Waals surface area contributed by atoms with E-state index in [-0.39, 0.29) is 16.8 Å². The summed E-state index contributed by atoms with van der Waals surface area (Å²) < 4.78 is 15.2. The Bertz CT molecular complexity index is 1330. The number of anilines is 2. The number of hydrogen-bond donors (Lipinski definition) is 4. The number of rotatable bonds is 7. The lowest BCUT2D eigenvalue weighted by Crippen LogP contribution is -2.35. The summed E-state index contributed by atoms with van der Waals surface area (Å²) in [5.74, 6) is 0.288. The first-order valence-corrected chi connectivity index (χ1v) is 13.1. The zero-order valence-electron chi connectivity index (χ0n) is 21.6. The van der Waals surface area contributed by atoms with Gasteiger partial charge in [-0.3, -0.25) is 4.79 Å². The van der Waals surface area contributed by atoms with Crippen molar-refractivity contribution in [2.45, 2.75) is 56.7 Å². The second-order valence-electron chi connectivity index (χ2n) is 11.2. The molecule has 5 rings (SSSR count). The first-order chi connectivity index (χ1) is 17.9. The van der Waals surface area contributed by atoms with Crippen molar-refractivity contribution in [2.75, 3.05) is 17.2 Å².